The lowest BCUT2D eigenvalue weighted by atomic mass is 10.0. The number of thiophene rings is 1. The number of hydrogen-bond donors (Lipinski definition) is 1. The number of amides is 1. The molecule has 174 valence electrons. The summed E-state index contributed by atoms with van der Waals surface area (Å²) < 4.78 is 11.9. The second kappa shape index (κ2) is 12.2. The Morgan fingerprint density at radius 1 is 1.12 bits per heavy atom. The Kier molecular flexibility index (Phi) is 9.31. The van der Waals surface area contributed by atoms with E-state index in [4.69, 9.17) is 21.1 Å². The van der Waals surface area contributed by atoms with Crippen molar-refractivity contribution in [2.45, 2.75) is 6.92 Å². The van der Waals surface area contributed by atoms with E-state index in [-0.39, 0.29) is 19.1 Å². The zero-order chi connectivity index (χ0) is 23.8. The average molecular weight is 552 g/mol. The molecule has 0 bridgehead atoms. The number of hydrogen-bond acceptors (Lipinski definition) is 6. The Bertz CT molecular complexity index is 1090. The fourth-order valence-corrected chi connectivity index (χ4v) is 4.40. The smallest absolute Gasteiger partial charge is 0.341 e. The Morgan fingerprint density at radius 3 is 2.48 bits per heavy atom. The number of benzene rings is 2. The summed E-state index contributed by atoms with van der Waals surface area (Å²) in [5, 5.41) is 5.76. The van der Waals surface area contributed by atoms with Gasteiger partial charge in [0.2, 0.25) is 5.91 Å². The molecule has 1 amide bonds. The molecule has 0 aliphatic heterocycles. The van der Waals surface area contributed by atoms with Crippen molar-refractivity contribution in [2.24, 2.45) is 0 Å². The standard InChI is InChI=1S/C24H24BrClN2O4S/c1-3-31-24(30)22-20(16-4-8-18(26)9-5-16)15-33-23(22)27-21(29)14-28(2)12-13-32-19-10-6-17(25)7-11-19/h4-11,15H,3,12-14H2,1-2H3,(H,27,29). The summed E-state index contributed by atoms with van der Waals surface area (Å²) in [6, 6.07) is 14.8. The van der Waals surface area contributed by atoms with Crippen LogP contribution in [0.1, 0.15) is 17.3 Å². The SMILES string of the molecule is CCOC(=O)c1c(-c2ccc(Cl)cc2)csc1NC(=O)CN(C)CCOc1ccc(Br)cc1. The average Bonchev–Trinajstić information content (AvgIpc) is 3.19. The number of rotatable bonds is 10. The summed E-state index contributed by atoms with van der Waals surface area (Å²) in [5.74, 6) is 0.0647. The van der Waals surface area contributed by atoms with Gasteiger partial charge in [-0.15, -0.1) is 11.3 Å². The lowest BCUT2D eigenvalue weighted by Crippen LogP contribution is -2.33. The summed E-state index contributed by atoms with van der Waals surface area (Å²) in [5.41, 5.74) is 1.86. The molecule has 3 aromatic rings. The second-order valence-electron chi connectivity index (χ2n) is 7.17. The molecule has 0 fully saturated rings. The van der Waals surface area contributed by atoms with Gasteiger partial charge in [-0.2, -0.15) is 0 Å². The molecule has 0 saturated heterocycles. The van der Waals surface area contributed by atoms with Gasteiger partial charge in [0.05, 0.1) is 13.2 Å². The molecule has 0 spiro atoms. The minimum Gasteiger partial charge on any atom is -0.492 e. The summed E-state index contributed by atoms with van der Waals surface area (Å²) in [6.45, 7) is 3.15. The van der Waals surface area contributed by atoms with Gasteiger partial charge >= 0.3 is 5.97 Å². The number of anilines is 1. The third kappa shape index (κ3) is 7.30. The molecule has 0 radical (unpaired) electrons. The first-order valence-electron chi connectivity index (χ1n) is 10.3. The molecule has 1 heterocycles. The first-order chi connectivity index (χ1) is 15.9. The maximum absolute atomic E-state index is 12.7. The Labute approximate surface area is 210 Å². The van der Waals surface area contributed by atoms with E-state index in [1.54, 1.807) is 19.1 Å². The molecule has 0 unspecified atom stereocenters. The van der Waals surface area contributed by atoms with Crippen LogP contribution in [0.4, 0.5) is 5.00 Å². The van der Waals surface area contributed by atoms with E-state index in [1.807, 2.05) is 53.7 Å². The number of likely N-dealkylation sites (N-methyl/N-ethyl adjacent to an activating group) is 1. The lowest BCUT2D eigenvalue weighted by Gasteiger charge is -2.17. The van der Waals surface area contributed by atoms with Crippen molar-refractivity contribution in [3.63, 3.8) is 0 Å². The largest absolute Gasteiger partial charge is 0.492 e. The first-order valence-corrected chi connectivity index (χ1v) is 12.3. The fourth-order valence-electron chi connectivity index (χ4n) is 3.04. The molecule has 0 aliphatic carbocycles. The van der Waals surface area contributed by atoms with Gasteiger partial charge in [0.1, 0.15) is 22.9 Å². The van der Waals surface area contributed by atoms with Crippen LogP contribution in [0.5, 0.6) is 5.75 Å². The van der Waals surface area contributed by atoms with Crippen LogP contribution in [0.25, 0.3) is 11.1 Å². The van der Waals surface area contributed by atoms with Crippen LogP contribution in [0, 0.1) is 0 Å². The number of nitrogens with zero attached hydrogens (tertiary/aromatic N) is 1. The third-order valence-corrected chi connectivity index (χ3v) is 6.32. The summed E-state index contributed by atoms with van der Waals surface area (Å²) in [6.07, 6.45) is 0. The van der Waals surface area contributed by atoms with Crippen LogP contribution < -0.4 is 10.1 Å². The van der Waals surface area contributed by atoms with Gasteiger partial charge in [-0.3, -0.25) is 9.69 Å². The van der Waals surface area contributed by atoms with Crippen LogP contribution in [0.3, 0.4) is 0 Å². The maximum atomic E-state index is 12.7. The molecule has 2 aromatic carbocycles. The van der Waals surface area contributed by atoms with Gasteiger partial charge < -0.3 is 14.8 Å². The Hall–Kier alpha value is -2.39. The predicted octanol–water partition coefficient (Wildman–Crippen LogP) is 5.96. The highest BCUT2D eigenvalue weighted by Crippen LogP contribution is 2.36. The summed E-state index contributed by atoms with van der Waals surface area (Å²) in [7, 11) is 1.84. The highest BCUT2D eigenvalue weighted by molar-refractivity contribution is 9.10. The molecule has 0 atom stereocenters. The Morgan fingerprint density at radius 2 is 1.82 bits per heavy atom. The van der Waals surface area contributed by atoms with E-state index in [2.05, 4.69) is 21.2 Å². The summed E-state index contributed by atoms with van der Waals surface area (Å²) >= 11 is 10.7. The van der Waals surface area contributed by atoms with Crippen molar-refractivity contribution in [2.75, 3.05) is 38.7 Å². The maximum Gasteiger partial charge on any atom is 0.341 e. The molecule has 0 saturated carbocycles. The van der Waals surface area contributed by atoms with Crippen LogP contribution in [-0.2, 0) is 9.53 Å². The van der Waals surface area contributed by atoms with Crippen LogP contribution in [-0.4, -0.2) is 50.1 Å². The van der Waals surface area contributed by atoms with Crippen molar-refractivity contribution in [3.8, 4) is 16.9 Å². The summed E-state index contributed by atoms with van der Waals surface area (Å²) in [4.78, 5) is 27.2. The van der Waals surface area contributed by atoms with Gasteiger partial charge in [-0.25, -0.2) is 4.79 Å². The number of carbonyl (C=O) groups excluding carboxylic acids is 2. The minimum atomic E-state index is -0.477. The zero-order valence-electron chi connectivity index (χ0n) is 18.3. The van der Waals surface area contributed by atoms with Crippen molar-refractivity contribution in [1.82, 2.24) is 4.90 Å². The molecule has 1 aromatic heterocycles. The number of carbonyl (C=O) groups is 2. The molecule has 9 heteroatoms. The van der Waals surface area contributed by atoms with E-state index in [1.165, 1.54) is 11.3 Å². The molecular formula is C24H24BrClN2O4S. The highest BCUT2D eigenvalue weighted by atomic mass is 79.9. The number of esters is 1. The highest BCUT2D eigenvalue weighted by Gasteiger charge is 2.23. The fraction of sp³-hybridized carbons (Fsp3) is 0.250. The van der Waals surface area contributed by atoms with Gasteiger partial charge in [0.15, 0.2) is 0 Å². The molecule has 0 aliphatic rings. The number of ether oxygens (including phenoxy) is 2. The third-order valence-electron chi connectivity index (χ3n) is 4.65. The van der Waals surface area contributed by atoms with Crippen molar-refractivity contribution < 1.29 is 19.1 Å². The number of halogens is 2. The van der Waals surface area contributed by atoms with E-state index in [0.717, 1.165) is 15.8 Å². The topological polar surface area (TPSA) is 67.9 Å². The monoisotopic (exact) mass is 550 g/mol. The van der Waals surface area contributed by atoms with E-state index >= 15 is 0 Å². The number of nitrogens with one attached hydrogen (secondary N) is 1. The van der Waals surface area contributed by atoms with E-state index < -0.39 is 5.97 Å². The normalized spacial score (nSPS) is 10.8. The quantitative estimate of drug-likeness (QED) is 0.315. The van der Waals surface area contributed by atoms with Gasteiger partial charge in [-0.1, -0.05) is 39.7 Å². The van der Waals surface area contributed by atoms with Gasteiger partial charge in [0.25, 0.3) is 0 Å². The predicted molar refractivity (Wildman–Crippen MR) is 136 cm³/mol. The zero-order valence-corrected chi connectivity index (χ0v) is 21.4. The van der Waals surface area contributed by atoms with Crippen molar-refractivity contribution >= 4 is 55.7 Å². The van der Waals surface area contributed by atoms with Gasteiger partial charge in [-0.05, 0) is 55.9 Å². The van der Waals surface area contributed by atoms with Crippen molar-refractivity contribution in [3.05, 3.63) is 69.0 Å². The van der Waals surface area contributed by atoms with E-state index in [0.29, 0.717) is 34.3 Å². The second-order valence-corrected chi connectivity index (χ2v) is 9.40. The minimum absolute atomic E-state index is 0.153. The van der Waals surface area contributed by atoms with Crippen LogP contribution in [0.2, 0.25) is 5.02 Å². The van der Waals surface area contributed by atoms with Crippen LogP contribution in [0.15, 0.2) is 58.4 Å². The first kappa shape index (κ1) is 25.2. The van der Waals surface area contributed by atoms with Crippen LogP contribution >= 0.6 is 38.9 Å². The molecule has 3 rings (SSSR count). The van der Waals surface area contributed by atoms with Crippen molar-refractivity contribution in [1.29, 1.82) is 0 Å². The lowest BCUT2D eigenvalue weighted by molar-refractivity contribution is -0.117. The Balaban J connectivity index is 1.62. The molecule has 1 N–H and O–H groups in total. The molecule has 6 nitrogen and oxygen atoms in total. The molecule has 33 heavy (non-hydrogen) atoms. The van der Waals surface area contributed by atoms with E-state index in [9.17, 15) is 9.59 Å². The molecular weight excluding hydrogens is 528 g/mol. The van der Waals surface area contributed by atoms with Gasteiger partial charge in [0, 0.05) is 27.0 Å².